The van der Waals surface area contributed by atoms with E-state index in [1.807, 2.05) is 30.3 Å². The molecule has 1 N–H and O–H groups in total. The van der Waals surface area contributed by atoms with Gasteiger partial charge < -0.3 is 10.2 Å². The minimum Gasteiger partial charge on any atom is -0.359 e. The lowest BCUT2D eigenvalue weighted by molar-refractivity contribution is -0.129. The van der Waals surface area contributed by atoms with Crippen LogP contribution in [0.15, 0.2) is 73.2 Å². The van der Waals surface area contributed by atoms with Crippen molar-refractivity contribution in [1.29, 1.82) is 0 Å². The van der Waals surface area contributed by atoms with E-state index in [9.17, 15) is 9.59 Å². The Hall–Kier alpha value is -3.54. The van der Waals surface area contributed by atoms with Crippen LogP contribution in [0.2, 0.25) is 0 Å². The number of carbonyl (C=O) groups excluding carboxylic acids is 2. The summed E-state index contributed by atoms with van der Waals surface area (Å²) in [4.78, 5) is 35.7. The summed E-state index contributed by atoms with van der Waals surface area (Å²) in [5.74, 6) is -0.231. The predicted octanol–water partition coefficient (Wildman–Crippen LogP) is 2.96. The monoisotopic (exact) mass is 400 g/mol. The van der Waals surface area contributed by atoms with Gasteiger partial charge in [-0.1, -0.05) is 54.6 Å². The average Bonchev–Trinajstić information content (AvgIpc) is 3.24. The Morgan fingerprint density at radius 3 is 2.57 bits per heavy atom. The maximum Gasteiger partial charge on any atom is 0.274 e. The molecule has 1 aromatic heterocycles. The van der Waals surface area contributed by atoms with Crippen molar-refractivity contribution in [1.82, 2.24) is 20.2 Å². The van der Waals surface area contributed by atoms with Gasteiger partial charge in [-0.3, -0.25) is 14.6 Å². The fraction of sp³-hybridized carbons (Fsp3) is 0.250. The van der Waals surface area contributed by atoms with Gasteiger partial charge >= 0.3 is 0 Å². The van der Waals surface area contributed by atoms with Crippen LogP contribution in [0.3, 0.4) is 0 Å². The highest BCUT2D eigenvalue weighted by Crippen LogP contribution is 2.37. The molecule has 0 radical (unpaired) electrons. The Morgan fingerprint density at radius 2 is 1.83 bits per heavy atom. The fourth-order valence-corrected chi connectivity index (χ4v) is 4.23. The summed E-state index contributed by atoms with van der Waals surface area (Å²) in [7, 11) is 1.65. The Labute approximate surface area is 176 Å². The van der Waals surface area contributed by atoms with Crippen LogP contribution in [0.1, 0.15) is 22.5 Å². The SMILES string of the molecule is CNC(=O)[C@@]1(Cc2ccccc2-c2ccccc2)CCN(C(=O)c2cnccn2)C1. The largest absolute Gasteiger partial charge is 0.359 e. The second kappa shape index (κ2) is 8.45. The first kappa shape index (κ1) is 19.8. The summed E-state index contributed by atoms with van der Waals surface area (Å²) in [6.07, 6.45) is 5.66. The van der Waals surface area contributed by atoms with E-state index in [0.29, 0.717) is 31.6 Å². The second-order valence-corrected chi connectivity index (χ2v) is 7.63. The van der Waals surface area contributed by atoms with Crippen molar-refractivity contribution in [2.24, 2.45) is 5.41 Å². The molecule has 152 valence electrons. The van der Waals surface area contributed by atoms with Crippen molar-refractivity contribution in [3.8, 4) is 11.1 Å². The molecule has 2 aromatic carbocycles. The molecular weight excluding hydrogens is 376 g/mol. The first-order valence-corrected chi connectivity index (χ1v) is 10.0. The van der Waals surface area contributed by atoms with Gasteiger partial charge in [0.1, 0.15) is 5.69 Å². The molecule has 0 saturated carbocycles. The molecule has 0 bridgehead atoms. The molecule has 0 aliphatic carbocycles. The lowest BCUT2D eigenvalue weighted by Gasteiger charge is -2.28. The molecule has 3 aromatic rings. The third kappa shape index (κ3) is 3.81. The van der Waals surface area contributed by atoms with Gasteiger partial charge in [0.15, 0.2) is 0 Å². The standard InChI is InChI=1S/C24H24N4O2/c1-25-23(30)24(11-14-28(17-24)22(29)21-16-26-12-13-27-21)15-19-9-5-6-10-20(19)18-7-3-2-4-8-18/h2-10,12-13,16H,11,14-15,17H2,1H3,(H,25,30)/t24-/m1/s1. The van der Waals surface area contributed by atoms with Gasteiger partial charge in [0.2, 0.25) is 5.91 Å². The van der Waals surface area contributed by atoms with Crippen molar-refractivity contribution in [2.45, 2.75) is 12.8 Å². The minimum atomic E-state index is -0.683. The summed E-state index contributed by atoms with van der Waals surface area (Å²) in [6.45, 7) is 0.863. The highest BCUT2D eigenvalue weighted by atomic mass is 16.2. The van der Waals surface area contributed by atoms with Crippen LogP contribution < -0.4 is 5.32 Å². The molecule has 6 heteroatoms. The molecule has 1 aliphatic heterocycles. The van der Waals surface area contributed by atoms with Crippen molar-refractivity contribution < 1.29 is 9.59 Å². The number of hydrogen-bond donors (Lipinski definition) is 1. The van der Waals surface area contributed by atoms with Gasteiger partial charge in [-0.05, 0) is 29.5 Å². The third-order valence-corrected chi connectivity index (χ3v) is 5.76. The van der Waals surface area contributed by atoms with Crippen LogP contribution in [0.5, 0.6) is 0 Å². The summed E-state index contributed by atoms with van der Waals surface area (Å²) >= 11 is 0. The van der Waals surface area contributed by atoms with Crippen LogP contribution in [0.4, 0.5) is 0 Å². The number of rotatable bonds is 5. The normalized spacial score (nSPS) is 18.2. The molecule has 2 amide bonds. The predicted molar refractivity (Wildman–Crippen MR) is 115 cm³/mol. The number of benzene rings is 2. The average molecular weight is 400 g/mol. The Morgan fingerprint density at radius 1 is 1.07 bits per heavy atom. The van der Waals surface area contributed by atoms with Crippen LogP contribution in [0, 0.1) is 5.41 Å². The topological polar surface area (TPSA) is 75.2 Å². The quantitative estimate of drug-likeness (QED) is 0.715. The van der Waals surface area contributed by atoms with Gasteiger partial charge in [-0.15, -0.1) is 0 Å². The van der Waals surface area contributed by atoms with Crippen LogP contribution in [-0.2, 0) is 11.2 Å². The zero-order chi connectivity index (χ0) is 21.0. The molecule has 30 heavy (non-hydrogen) atoms. The Kier molecular flexibility index (Phi) is 5.57. The number of carbonyl (C=O) groups is 2. The number of aromatic nitrogens is 2. The molecule has 0 spiro atoms. The summed E-state index contributed by atoms with van der Waals surface area (Å²) in [5.41, 5.74) is 2.94. The minimum absolute atomic E-state index is 0.0418. The molecule has 1 atom stereocenters. The number of nitrogens with zero attached hydrogens (tertiary/aromatic N) is 3. The molecule has 6 nitrogen and oxygen atoms in total. The summed E-state index contributed by atoms with van der Waals surface area (Å²) < 4.78 is 0. The van der Waals surface area contributed by atoms with Crippen LogP contribution in [0.25, 0.3) is 11.1 Å². The van der Waals surface area contributed by atoms with E-state index in [1.165, 1.54) is 18.6 Å². The summed E-state index contributed by atoms with van der Waals surface area (Å²) in [5, 5.41) is 2.82. The third-order valence-electron chi connectivity index (χ3n) is 5.76. The van der Waals surface area contributed by atoms with Crippen molar-refractivity contribution >= 4 is 11.8 Å². The molecule has 1 fully saturated rings. The molecule has 0 unspecified atom stereocenters. The lowest BCUT2D eigenvalue weighted by Crippen LogP contribution is -2.44. The zero-order valence-corrected chi connectivity index (χ0v) is 16.9. The zero-order valence-electron chi connectivity index (χ0n) is 16.9. The van der Waals surface area contributed by atoms with Gasteiger partial charge in [0.05, 0.1) is 11.6 Å². The number of likely N-dealkylation sites (tertiary alicyclic amines) is 1. The maximum atomic E-state index is 13.0. The first-order chi connectivity index (χ1) is 14.6. The number of nitrogens with one attached hydrogen (secondary N) is 1. The molecular formula is C24H24N4O2. The Bertz CT molecular complexity index is 1040. The van der Waals surface area contributed by atoms with E-state index in [4.69, 9.17) is 0 Å². The molecule has 2 heterocycles. The smallest absolute Gasteiger partial charge is 0.274 e. The maximum absolute atomic E-state index is 13.0. The van der Waals surface area contributed by atoms with E-state index >= 15 is 0 Å². The fourth-order valence-electron chi connectivity index (χ4n) is 4.23. The van der Waals surface area contributed by atoms with Crippen molar-refractivity contribution in [3.63, 3.8) is 0 Å². The van der Waals surface area contributed by atoms with Crippen LogP contribution >= 0.6 is 0 Å². The van der Waals surface area contributed by atoms with E-state index in [0.717, 1.165) is 16.7 Å². The van der Waals surface area contributed by atoms with E-state index in [1.54, 1.807) is 11.9 Å². The molecule has 1 aliphatic rings. The van der Waals surface area contributed by atoms with Crippen molar-refractivity contribution in [2.75, 3.05) is 20.1 Å². The van der Waals surface area contributed by atoms with Gasteiger partial charge in [-0.25, -0.2) is 4.98 Å². The lowest BCUT2D eigenvalue weighted by atomic mass is 9.78. The molecule has 1 saturated heterocycles. The van der Waals surface area contributed by atoms with Crippen LogP contribution in [-0.4, -0.2) is 46.8 Å². The van der Waals surface area contributed by atoms with E-state index < -0.39 is 5.41 Å². The number of amides is 2. The first-order valence-electron chi connectivity index (χ1n) is 10.0. The molecule has 4 rings (SSSR count). The summed E-state index contributed by atoms with van der Waals surface area (Å²) in [6, 6.07) is 18.3. The van der Waals surface area contributed by atoms with Crippen molar-refractivity contribution in [3.05, 3.63) is 84.4 Å². The van der Waals surface area contributed by atoms with Gasteiger partial charge in [-0.2, -0.15) is 0 Å². The number of hydrogen-bond acceptors (Lipinski definition) is 4. The Balaban J connectivity index is 1.64. The highest BCUT2D eigenvalue weighted by Gasteiger charge is 2.46. The van der Waals surface area contributed by atoms with Gasteiger partial charge in [0, 0.05) is 32.5 Å². The van der Waals surface area contributed by atoms with E-state index in [2.05, 4.69) is 39.6 Å². The second-order valence-electron chi connectivity index (χ2n) is 7.63. The van der Waals surface area contributed by atoms with Gasteiger partial charge in [0.25, 0.3) is 5.91 Å². The van der Waals surface area contributed by atoms with E-state index in [-0.39, 0.29) is 11.8 Å². The highest BCUT2D eigenvalue weighted by molar-refractivity contribution is 5.93.